The van der Waals surface area contributed by atoms with Crippen molar-refractivity contribution in [3.63, 3.8) is 0 Å². The Morgan fingerprint density at radius 2 is 1.87 bits per heavy atom. The summed E-state index contributed by atoms with van der Waals surface area (Å²) in [6, 6.07) is -0.682. The van der Waals surface area contributed by atoms with Crippen molar-refractivity contribution in [3.05, 3.63) is 21.4 Å². The number of thiophene rings is 1. The number of aryl methyl sites for hydroxylation is 1. The number of urea groups is 1. The Bertz CT molecular complexity index is 609. The van der Waals surface area contributed by atoms with Gasteiger partial charge in [0.2, 0.25) is 0 Å². The molecule has 126 valence electrons. The fourth-order valence-corrected chi connectivity index (χ4v) is 3.57. The number of hydrogen-bond acceptors (Lipinski definition) is 5. The van der Waals surface area contributed by atoms with E-state index in [0.717, 1.165) is 31.2 Å². The van der Waals surface area contributed by atoms with Gasteiger partial charge in [0.1, 0.15) is 0 Å². The van der Waals surface area contributed by atoms with Gasteiger partial charge in [0.25, 0.3) is 5.91 Å². The third-order valence-electron chi connectivity index (χ3n) is 3.59. The first-order valence-electron chi connectivity index (χ1n) is 7.80. The van der Waals surface area contributed by atoms with Crippen LogP contribution in [0.5, 0.6) is 0 Å². The average molecular weight is 338 g/mol. The van der Waals surface area contributed by atoms with Crippen molar-refractivity contribution in [3.8, 4) is 0 Å². The van der Waals surface area contributed by atoms with Gasteiger partial charge in [-0.2, -0.15) is 0 Å². The predicted molar refractivity (Wildman–Crippen MR) is 87.6 cm³/mol. The van der Waals surface area contributed by atoms with E-state index >= 15 is 0 Å². The van der Waals surface area contributed by atoms with Crippen molar-refractivity contribution in [1.82, 2.24) is 10.6 Å². The van der Waals surface area contributed by atoms with E-state index in [9.17, 15) is 14.4 Å². The molecule has 6 nitrogen and oxygen atoms in total. The molecule has 0 saturated carbocycles. The van der Waals surface area contributed by atoms with Crippen LogP contribution in [-0.4, -0.2) is 30.1 Å². The number of carbonyl (C=O) groups is 3. The molecule has 0 aliphatic heterocycles. The highest BCUT2D eigenvalue weighted by Gasteiger charge is 2.25. The van der Waals surface area contributed by atoms with Crippen LogP contribution in [0.1, 0.15) is 54.4 Å². The van der Waals surface area contributed by atoms with Crippen LogP contribution in [0, 0.1) is 0 Å². The zero-order chi connectivity index (χ0) is 17.0. The van der Waals surface area contributed by atoms with E-state index < -0.39 is 24.0 Å². The van der Waals surface area contributed by atoms with Gasteiger partial charge in [-0.05, 0) is 52.0 Å². The summed E-state index contributed by atoms with van der Waals surface area (Å²) in [6.07, 6.45) is 3.06. The second kappa shape index (κ2) is 7.59. The van der Waals surface area contributed by atoms with Crippen LogP contribution in [0.15, 0.2) is 5.38 Å². The summed E-state index contributed by atoms with van der Waals surface area (Å²) >= 11 is 1.57. The molecule has 0 bridgehead atoms. The van der Waals surface area contributed by atoms with E-state index in [1.807, 2.05) is 0 Å². The number of imide groups is 1. The van der Waals surface area contributed by atoms with Crippen LogP contribution in [0.25, 0.3) is 0 Å². The Morgan fingerprint density at radius 1 is 1.17 bits per heavy atom. The lowest BCUT2D eigenvalue weighted by Gasteiger charge is -2.16. The number of nitrogens with one attached hydrogen (secondary N) is 2. The van der Waals surface area contributed by atoms with Crippen LogP contribution in [0.3, 0.4) is 0 Å². The van der Waals surface area contributed by atoms with Gasteiger partial charge < -0.3 is 10.1 Å². The maximum atomic E-state index is 12.3. The molecule has 1 atom stereocenters. The van der Waals surface area contributed by atoms with Gasteiger partial charge >= 0.3 is 12.0 Å². The van der Waals surface area contributed by atoms with Crippen LogP contribution in [0.2, 0.25) is 0 Å². The van der Waals surface area contributed by atoms with Crippen molar-refractivity contribution in [2.24, 2.45) is 0 Å². The zero-order valence-corrected chi connectivity index (χ0v) is 14.4. The van der Waals surface area contributed by atoms with Gasteiger partial charge in [0, 0.05) is 16.3 Å². The SMILES string of the molecule is CC(C)NC(=O)NC(=O)[C@H](C)OC(=O)c1csc2c1CCCC2. The van der Waals surface area contributed by atoms with Crippen molar-refractivity contribution < 1.29 is 19.1 Å². The number of rotatable bonds is 4. The van der Waals surface area contributed by atoms with E-state index in [0.29, 0.717) is 5.56 Å². The van der Waals surface area contributed by atoms with Crippen molar-refractivity contribution in [2.75, 3.05) is 0 Å². The van der Waals surface area contributed by atoms with Gasteiger partial charge in [-0.1, -0.05) is 0 Å². The minimum atomic E-state index is -1.03. The Labute approximate surface area is 139 Å². The first-order chi connectivity index (χ1) is 10.9. The molecule has 1 aliphatic rings. The summed E-state index contributed by atoms with van der Waals surface area (Å²) in [4.78, 5) is 36.9. The fourth-order valence-electron chi connectivity index (χ4n) is 2.45. The lowest BCUT2D eigenvalue weighted by Crippen LogP contribution is -2.46. The van der Waals surface area contributed by atoms with E-state index in [1.165, 1.54) is 11.8 Å². The average Bonchev–Trinajstić information content (AvgIpc) is 2.90. The normalized spacial score (nSPS) is 14.8. The number of hydrogen-bond donors (Lipinski definition) is 2. The molecule has 0 spiro atoms. The molecule has 7 heteroatoms. The maximum absolute atomic E-state index is 12.3. The Hall–Kier alpha value is -1.89. The molecule has 0 unspecified atom stereocenters. The number of esters is 1. The zero-order valence-electron chi connectivity index (χ0n) is 13.6. The molecule has 1 aromatic rings. The molecular formula is C16H22N2O4S. The second-order valence-electron chi connectivity index (χ2n) is 5.92. The summed E-state index contributed by atoms with van der Waals surface area (Å²) in [6.45, 7) is 5.02. The smallest absolute Gasteiger partial charge is 0.340 e. The molecule has 0 aromatic carbocycles. The maximum Gasteiger partial charge on any atom is 0.340 e. The van der Waals surface area contributed by atoms with Gasteiger partial charge in [0.05, 0.1) is 5.56 Å². The fraction of sp³-hybridized carbons (Fsp3) is 0.562. The van der Waals surface area contributed by atoms with Gasteiger partial charge in [-0.15, -0.1) is 11.3 Å². The van der Waals surface area contributed by atoms with Crippen molar-refractivity contribution >= 4 is 29.2 Å². The summed E-state index contributed by atoms with van der Waals surface area (Å²) in [5, 5.41) is 6.50. The van der Waals surface area contributed by atoms with Gasteiger partial charge in [-0.3, -0.25) is 10.1 Å². The van der Waals surface area contributed by atoms with Crippen LogP contribution in [0.4, 0.5) is 4.79 Å². The summed E-state index contributed by atoms with van der Waals surface area (Å²) in [5.74, 6) is -1.14. The minimum absolute atomic E-state index is 0.0852. The number of amides is 3. The highest BCUT2D eigenvalue weighted by Crippen LogP contribution is 2.30. The molecule has 0 saturated heterocycles. The second-order valence-corrected chi connectivity index (χ2v) is 6.89. The Morgan fingerprint density at radius 3 is 2.57 bits per heavy atom. The summed E-state index contributed by atoms with van der Waals surface area (Å²) in [5.41, 5.74) is 1.60. The standard InChI is InChI=1S/C16H22N2O4S/c1-9(2)17-16(21)18-14(19)10(3)22-15(20)12-8-23-13-7-5-4-6-11(12)13/h8-10H,4-7H2,1-3H3,(H2,17,18,19,21)/t10-/m0/s1. The molecule has 3 amide bonds. The first-order valence-corrected chi connectivity index (χ1v) is 8.68. The lowest BCUT2D eigenvalue weighted by molar-refractivity contribution is -0.127. The monoisotopic (exact) mass is 338 g/mol. The van der Waals surface area contributed by atoms with Gasteiger partial charge in [-0.25, -0.2) is 9.59 Å². The van der Waals surface area contributed by atoms with E-state index in [1.54, 1.807) is 30.6 Å². The van der Waals surface area contributed by atoms with E-state index in [-0.39, 0.29) is 6.04 Å². The third kappa shape index (κ3) is 4.54. The highest BCUT2D eigenvalue weighted by molar-refractivity contribution is 7.10. The summed E-state index contributed by atoms with van der Waals surface area (Å²) < 4.78 is 5.20. The molecule has 0 radical (unpaired) electrons. The number of ether oxygens (including phenoxy) is 1. The van der Waals surface area contributed by atoms with Crippen molar-refractivity contribution in [2.45, 2.75) is 58.6 Å². The lowest BCUT2D eigenvalue weighted by atomic mass is 9.96. The van der Waals surface area contributed by atoms with Crippen LogP contribution in [-0.2, 0) is 22.4 Å². The molecule has 1 heterocycles. The Balaban J connectivity index is 1.93. The van der Waals surface area contributed by atoms with E-state index in [2.05, 4.69) is 10.6 Å². The van der Waals surface area contributed by atoms with Crippen molar-refractivity contribution in [1.29, 1.82) is 0 Å². The first kappa shape index (κ1) is 17.5. The molecule has 2 rings (SSSR count). The van der Waals surface area contributed by atoms with Crippen LogP contribution >= 0.6 is 11.3 Å². The quantitative estimate of drug-likeness (QED) is 0.826. The molecule has 1 aromatic heterocycles. The molecule has 23 heavy (non-hydrogen) atoms. The van der Waals surface area contributed by atoms with Crippen LogP contribution < -0.4 is 10.6 Å². The molecule has 0 fully saturated rings. The highest BCUT2D eigenvalue weighted by atomic mass is 32.1. The topological polar surface area (TPSA) is 84.5 Å². The van der Waals surface area contributed by atoms with Gasteiger partial charge in [0.15, 0.2) is 6.10 Å². The molecule has 1 aliphatic carbocycles. The third-order valence-corrected chi connectivity index (χ3v) is 4.68. The number of fused-ring (bicyclic) bond motifs is 1. The van der Waals surface area contributed by atoms with E-state index in [4.69, 9.17) is 4.74 Å². The largest absolute Gasteiger partial charge is 0.449 e. The predicted octanol–water partition coefficient (Wildman–Crippen LogP) is 2.41. The molecular weight excluding hydrogens is 316 g/mol. The summed E-state index contributed by atoms with van der Waals surface area (Å²) in [7, 11) is 0. The number of carbonyl (C=O) groups excluding carboxylic acids is 3. The molecule has 2 N–H and O–H groups in total. The minimum Gasteiger partial charge on any atom is -0.449 e. The Kier molecular flexibility index (Phi) is 5.76.